The molecule has 4 rings (SSSR count). The predicted octanol–water partition coefficient (Wildman–Crippen LogP) is 5.04. The van der Waals surface area contributed by atoms with Crippen LogP contribution in [0, 0.1) is 0 Å². The van der Waals surface area contributed by atoms with Gasteiger partial charge in [-0.2, -0.15) is 13.2 Å². The lowest BCUT2D eigenvalue weighted by atomic mass is 10.0. The number of halogens is 4. The number of aromatic nitrogens is 1. The van der Waals surface area contributed by atoms with Crippen LogP contribution in [0.1, 0.15) is 27.2 Å². The van der Waals surface area contributed by atoms with Crippen LogP contribution in [0.4, 0.5) is 13.2 Å². The van der Waals surface area contributed by atoms with E-state index in [1.807, 2.05) is 12.1 Å². The van der Waals surface area contributed by atoms with Gasteiger partial charge in [-0.25, -0.2) is 0 Å². The molecule has 7 heteroatoms. The molecule has 0 bridgehead atoms. The van der Waals surface area contributed by atoms with Gasteiger partial charge in [-0.05, 0) is 42.5 Å². The number of nitrogens with zero attached hydrogens (tertiary/aromatic N) is 1. The second-order valence-corrected chi connectivity index (χ2v) is 6.76. The molecular formula is C19H14ClF3N2O. The van der Waals surface area contributed by atoms with E-state index in [1.165, 1.54) is 12.1 Å². The number of hydrogen-bond acceptors (Lipinski definition) is 1. The summed E-state index contributed by atoms with van der Waals surface area (Å²) >= 11 is 6.08. The van der Waals surface area contributed by atoms with Gasteiger partial charge in [0.15, 0.2) is 0 Å². The monoisotopic (exact) mass is 378 g/mol. The minimum atomic E-state index is -4.41. The Balaban J connectivity index is 1.61. The van der Waals surface area contributed by atoms with Gasteiger partial charge < -0.3 is 9.88 Å². The number of alkyl halides is 3. The number of aromatic amines is 1. The molecule has 1 amide bonds. The molecule has 134 valence electrons. The van der Waals surface area contributed by atoms with Gasteiger partial charge >= 0.3 is 6.18 Å². The summed E-state index contributed by atoms with van der Waals surface area (Å²) in [5.41, 5.74) is 2.52. The summed E-state index contributed by atoms with van der Waals surface area (Å²) in [6.07, 6.45) is -3.75. The fourth-order valence-electron chi connectivity index (χ4n) is 3.34. The van der Waals surface area contributed by atoms with Gasteiger partial charge in [-0.3, -0.25) is 4.79 Å². The molecule has 2 aromatic carbocycles. The van der Waals surface area contributed by atoms with Crippen molar-refractivity contribution in [2.75, 3.05) is 6.54 Å². The number of benzene rings is 2. The highest BCUT2D eigenvalue weighted by Crippen LogP contribution is 2.31. The number of rotatable bonds is 1. The zero-order valence-corrected chi connectivity index (χ0v) is 14.3. The molecule has 1 aliphatic rings. The number of carbonyl (C=O) groups excluding carboxylic acids is 1. The largest absolute Gasteiger partial charge is 0.416 e. The lowest BCUT2D eigenvalue weighted by Crippen LogP contribution is -2.35. The van der Waals surface area contributed by atoms with Crippen LogP contribution in [0.15, 0.2) is 42.5 Å². The molecular weight excluding hydrogens is 365 g/mol. The maximum atomic E-state index is 12.7. The molecule has 3 nitrogen and oxygen atoms in total. The Labute approximate surface area is 152 Å². The highest BCUT2D eigenvalue weighted by molar-refractivity contribution is 6.31. The van der Waals surface area contributed by atoms with Crippen LogP contribution < -0.4 is 0 Å². The Morgan fingerprint density at radius 2 is 1.85 bits per heavy atom. The molecule has 0 saturated carbocycles. The van der Waals surface area contributed by atoms with Crippen LogP contribution in [0.5, 0.6) is 0 Å². The average molecular weight is 379 g/mol. The van der Waals surface area contributed by atoms with Crippen LogP contribution in [0.3, 0.4) is 0 Å². The summed E-state index contributed by atoms with van der Waals surface area (Å²) in [5.74, 6) is -0.277. The summed E-state index contributed by atoms with van der Waals surface area (Å²) in [7, 11) is 0. The first-order chi connectivity index (χ1) is 12.3. The van der Waals surface area contributed by atoms with Crippen LogP contribution in [0.2, 0.25) is 5.02 Å². The molecule has 0 aliphatic carbocycles. The first kappa shape index (κ1) is 17.0. The third-order valence-electron chi connectivity index (χ3n) is 4.68. The molecule has 26 heavy (non-hydrogen) atoms. The van der Waals surface area contributed by atoms with E-state index in [1.54, 1.807) is 11.0 Å². The molecule has 0 saturated heterocycles. The first-order valence-electron chi connectivity index (χ1n) is 8.08. The number of hydrogen-bond donors (Lipinski definition) is 1. The summed E-state index contributed by atoms with van der Waals surface area (Å²) < 4.78 is 38.0. The van der Waals surface area contributed by atoms with Crippen molar-refractivity contribution < 1.29 is 18.0 Å². The van der Waals surface area contributed by atoms with Crippen molar-refractivity contribution >= 4 is 28.4 Å². The van der Waals surface area contributed by atoms with Crippen molar-refractivity contribution in [1.29, 1.82) is 0 Å². The van der Waals surface area contributed by atoms with Crippen LogP contribution in [0.25, 0.3) is 10.9 Å². The van der Waals surface area contributed by atoms with Gasteiger partial charge in [0.25, 0.3) is 5.91 Å². The highest BCUT2D eigenvalue weighted by atomic mass is 35.5. The standard InChI is InChI=1S/C19H14ClF3N2O/c20-13-5-6-16-14(9-13)15-10-25(8-7-17(15)24-16)18(26)11-1-3-12(4-2-11)19(21,22)23/h1-6,9,24H,7-8,10H2. The van der Waals surface area contributed by atoms with Crippen LogP contribution in [-0.2, 0) is 19.1 Å². The van der Waals surface area contributed by atoms with Crippen molar-refractivity contribution in [2.24, 2.45) is 0 Å². The van der Waals surface area contributed by atoms with Crippen molar-refractivity contribution in [3.63, 3.8) is 0 Å². The second kappa shape index (κ2) is 6.06. The Bertz CT molecular complexity index is 992. The van der Waals surface area contributed by atoms with Crippen LogP contribution in [-0.4, -0.2) is 22.3 Å². The highest BCUT2D eigenvalue weighted by Gasteiger charge is 2.31. The quantitative estimate of drug-likeness (QED) is 0.632. The molecule has 1 N–H and O–H groups in total. The number of nitrogens with one attached hydrogen (secondary N) is 1. The van der Waals surface area contributed by atoms with E-state index in [9.17, 15) is 18.0 Å². The summed E-state index contributed by atoms with van der Waals surface area (Å²) in [4.78, 5) is 17.7. The van der Waals surface area contributed by atoms with Crippen molar-refractivity contribution in [2.45, 2.75) is 19.1 Å². The topological polar surface area (TPSA) is 36.1 Å². The Kier molecular flexibility index (Phi) is 3.95. The van der Waals surface area contributed by atoms with Crippen LogP contribution >= 0.6 is 11.6 Å². The maximum Gasteiger partial charge on any atom is 0.416 e. The molecule has 0 unspecified atom stereocenters. The Morgan fingerprint density at radius 3 is 2.54 bits per heavy atom. The lowest BCUT2D eigenvalue weighted by Gasteiger charge is -2.27. The van der Waals surface area contributed by atoms with Crippen molar-refractivity contribution in [3.8, 4) is 0 Å². The van der Waals surface area contributed by atoms with Crippen molar-refractivity contribution in [3.05, 3.63) is 69.9 Å². The van der Waals surface area contributed by atoms with Gasteiger partial charge in [0.2, 0.25) is 0 Å². The smallest absolute Gasteiger partial charge is 0.358 e. The molecule has 0 radical (unpaired) electrons. The molecule has 2 heterocycles. The van der Waals surface area contributed by atoms with E-state index in [4.69, 9.17) is 11.6 Å². The van der Waals surface area contributed by atoms with Gasteiger partial charge in [0, 0.05) is 52.3 Å². The third kappa shape index (κ3) is 2.94. The summed E-state index contributed by atoms with van der Waals surface area (Å²) in [5, 5.41) is 1.59. The van der Waals surface area contributed by atoms with Gasteiger partial charge in [0.1, 0.15) is 0 Å². The van der Waals surface area contributed by atoms with E-state index in [0.717, 1.165) is 34.3 Å². The SMILES string of the molecule is O=C(c1ccc(C(F)(F)F)cc1)N1CCc2[nH]c3ccc(Cl)cc3c2C1. The molecule has 0 fully saturated rings. The minimum Gasteiger partial charge on any atom is -0.358 e. The van der Waals surface area contributed by atoms with E-state index in [-0.39, 0.29) is 11.5 Å². The second-order valence-electron chi connectivity index (χ2n) is 6.32. The third-order valence-corrected chi connectivity index (χ3v) is 4.92. The summed E-state index contributed by atoms with van der Waals surface area (Å²) in [6.45, 7) is 0.906. The fraction of sp³-hybridized carbons (Fsp3) is 0.211. The molecule has 1 aromatic heterocycles. The van der Waals surface area contributed by atoms with Gasteiger partial charge in [-0.15, -0.1) is 0 Å². The van der Waals surface area contributed by atoms with E-state index in [2.05, 4.69) is 4.98 Å². The van der Waals surface area contributed by atoms with Crippen molar-refractivity contribution in [1.82, 2.24) is 9.88 Å². The summed E-state index contributed by atoms with van der Waals surface area (Å²) in [6, 6.07) is 9.90. The average Bonchev–Trinajstić information content (AvgIpc) is 2.97. The molecule has 0 spiro atoms. The van der Waals surface area contributed by atoms with E-state index >= 15 is 0 Å². The number of amides is 1. The van der Waals surface area contributed by atoms with E-state index < -0.39 is 11.7 Å². The minimum absolute atomic E-state index is 0.249. The Hall–Kier alpha value is -2.47. The van der Waals surface area contributed by atoms with Gasteiger partial charge in [-0.1, -0.05) is 11.6 Å². The lowest BCUT2D eigenvalue weighted by molar-refractivity contribution is -0.137. The maximum absolute atomic E-state index is 12.7. The molecule has 3 aromatic rings. The number of fused-ring (bicyclic) bond motifs is 3. The number of H-pyrrole nitrogens is 1. The number of carbonyl (C=O) groups is 1. The van der Waals surface area contributed by atoms with Gasteiger partial charge in [0.05, 0.1) is 5.56 Å². The normalized spacial score (nSPS) is 14.5. The zero-order chi connectivity index (χ0) is 18.5. The molecule has 1 aliphatic heterocycles. The zero-order valence-electron chi connectivity index (χ0n) is 13.5. The van der Waals surface area contributed by atoms with E-state index in [0.29, 0.717) is 24.5 Å². The Morgan fingerprint density at radius 1 is 1.12 bits per heavy atom. The molecule has 0 atom stereocenters. The predicted molar refractivity (Wildman–Crippen MR) is 93.2 cm³/mol. The fourth-order valence-corrected chi connectivity index (χ4v) is 3.52. The first-order valence-corrected chi connectivity index (χ1v) is 8.46.